The second kappa shape index (κ2) is 6.06. The molecule has 2 N–H and O–H groups in total. The van der Waals surface area contributed by atoms with Gasteiger partial charge in [-0.3, -0.25) is 4.98 Å². The first-order chi connectivity index (χ1) is 9.20. The number of hydrogen-bond donors (Lipinski definition) is 1. The summed E-state index contributed by atoms with van der Waals surface area (Å²) in [6, 6.07) is 9.92. The molecule has 19 heavy (non-hydrogen) atoms. The zero-order valence-electron chi connectivity index (χ0n) is 11.4. The van der Waals surface area contributed by atoms with E-state index in [-0.39, 0.29) is 0 Å². The summed E-state index contributed by atoms with van der Waals surface area (Å²) in [6.07, 6.45) is 3.85. The summed E-state index contributed by atoms with van der Waals surface area (Å²) in [5.41, 5.74) is 10.7. The third-order valence-electron chi connectivity index (χ3n) is 2.86. The summed E-state index contributed by atoms with van der Waals surface area (Å²) in [5.74, 6) is 6.38. The topological polar surface area (TPSA) is 38.9 Å². The number of aromatic nitrogens is 1. The first-order valence-electron chi connectivity index (χ1n) is 6.52. The minimum absolute atomic E-state index is 0.740. The highest BCUT2D eigenvalue weighted by molar-refractivity contribution is 5.73. The van der Waals surface area contributed by atoms with Gasteiger partial charge in [-0.05, 0) is 37.1 Å². The highest BCUT2D eigenvalue weighted by Crippen LogP contribution is 2.24. The normalized spacial score (nSPS) is 9.79. The number of nitrogens with two attached hydrogens (primary N) is 1. The van der Waals surface area contributed by atoms with Gasteiger partial charge >= 0.3 is 0 Å². The van der Waals surface area contributed by atoms with Crippen molar-refractivity contribution in [3.05, 3.63) is 47.8 Å². The highest BCUT2D eigenvalue weighted by Gasteiger charge is 2.04. The quantitative estimate of drug-likeness (QED) is 0.650. The van der Waals surface area contributed by atoms with Gasteiger partial charge in [-0.1, -0.05) is 30.9 Å². The fraction of sp³-hybridized carbons (Fsp3) is 0.235. The molecular formula is C17H18N2. The first kappa shape index (κ1) is 13.2. The fourth-order valence-electron chi connectivity index (χ4n) is 1.83. The lowest BCUT2D eigenvalue weighted by Gasteiger charge is -2.06. The number of rotatable bonds is 2. The Kier molecular flexibility index (Phi) is 4.20. The summed E-state index contributed by atoms with van der Waals surface area (Å²) < 4.78 is 0. The Morgan fingerprint density at radius 3 is 2.74 bits per heavy atom. The Morgan fingerprint density at radius 1 is 1.21 bits per heavy atom. The smallest absolute Gasteiger partial charge is 0.0373 e. The molecule has 2 heteroatoms. The van der Waals surface area contributed by atoms with Crippen LogP contribution >= 0.6 is 0 Å². The first-order valence-corrected chi connectivity index (χ1v) is 6.52. The summed E-state index contributed by atoms with van der Waals surface area (Å²) in [5, 5.41) is 0. The van der Waals surface area contributed by atoms with Crippen molar-refractivity contribution in [3.8, 4) is 23.0 Å². The van der Waals surface area contributed by atoms with Gasteiger partial charge in [-0.15, -0.1) is 0 Å². The van der Waals surface area contributed by atoms with Crippen LogP contribution in [0.3, 0.4) is 0 Å². The summed E-state index contributed by atoms with van der Waals surface area (Å²) in [7, 11) is 0. The van der Waals surface area contributed by atoms with Gasteiger partial charge in [-0.25, -0.2) is 0 Å². The molecule has 2 aromatic rings. The van der Waals surface area contributed by atoms with E-state index in [2.05, 4.69) is 29.8 Å². The SMILES string of the molecule is CCCC#Cc1cc(N)ccc1-c1ccc(C)nc1. The van der Waals surface area contributed by atoms with E-state index >= 15 is 0 Å². The van der Waals surface area contributed by atoms with Crippen molar-refractivity contribution in [1.82, 2.24) is 4.98 Å². The fourth-order valence-corrected chi connectivity index (χ4v) is 1.83. The minimum atomic E-state index is 0.740. The van der Waals surface area contributed by atoms with Gasteiger partial charge in [0.15, 0.2) is 0 Å². The summed E-state index contributed by atoms with van der Waals surface area (Å²) in [6.45, 7) is 4.10. The summed E-state index contributed by atoms with van der Waals surface area (Å²) in [4.78, 5) is 4.34. The number of nitrogen functional groups attached to an aromatic ring is 1. The molecule has 1 aromatic heterocycles. The highest BCUT2D eigenvalue weighted by atomic mass is 14.7. The van der Waals surface area contributed by atoms with Crippen molar-refractivity contribution in [2.45, 2.75) is 26.7 Å². The molecule has 0 aliphatic carbocycles. The lowest BCUT2D eigenvalue weighted by atomic mass is 10.0. The van der Waals surface area contributed by atoms with Crippen LogP contribution in [0.1, 0.15) is 31.0 Å². The zero-order chi connectivity index (χ0) is 13.7. The van der Waals surface area contributed by atoms with Crippen LogP contribution in [0.2, 0.25) is 0 Å². The molecule has 1 aromatic carbocycles. The van der Waals surface area contributed by atoms with E-state index in [9.17, 15) is 0 Å². The number of unbranched alkanes of at least 4 members (excludes halogenated alkanes) is 1. The third kappa shape index (κ3) is 3.35. The molecule has 0 saturated carbocycles. The van der Waals surface area contributed by atoms with Crippen molar-refractivity contribution in [1.29, 1.82) is 0 Å². The van der Waals surface area contributed by atoms with Crippen LogP contribution in [-0.2, 0) is 0 Å². The van der Waals surface area contributed by atoms with Crippen LogP contribution in [-0.4, -0.2) is 4.98 Å². The van der Waals surface area contributed by atoms with Gasteiger partial charge in [-0.2, -0.15) is 0 Å². The molecule has 0 atom stereocenters. The number of benzene rings is 1. The number of aryl methyl sites for hydroxylation is 1. The van der Waals surface area contributed by atoms with Crippen molar-refractivity contribution in [3.63, 3.8) is 0 Å². The maximum Gasteiger partial charge on any atom is 0.0373 e. The number of pyridine rings is 1. The Balaban J connectivity index is 2.45. The van der Waals surface area contributed by atoms with Crippen molar-refractivity contribution < 1.29 is 0 Å². The van der Waals surface area contributed by atoms with Gasteiger partial charge < -0.3 is 5.73 Å². The van der Waals surface area contributed by atoms with Crippen LogP contribution in [0, 0.1) is 18.8 Å². The Bertz CT molecular complexity index is 616. The van der Waals surface area contributed by atoms with Crippen LogP contribution in [0.25, 0.3) is 11.1 Å². The lowest BCUT2D eigenvalue weighted by molar-refractivity contribution is 0.983. The molecule has 0 unspecified atom stereocenters. The molecule has 0 radical (unpaired) electrons. The second-order valence-electron chi connectivity index (χ2n) is 4.55. The maximum absolute atomic E-state index is 5.85. The van der Waals surface area contributed by atoms with Gasteiger partial charge in [0.25, 0.3) is 0 Å². The van der Waals surface area contributed by atoms with E-state index < -0.39 is 0 Å². The summed E-state index contributed by atoms with van der Waals surface area (Å²) >= 11 is 0. The van der Waals surface area contributed by atoms with E-state index in [1.807, 2.05) is 37.4 Å². The molecule has 1 heterocycles. The molecule has 0 amide bonds. The number of hydrogen-bond acceptors (Lipinski definition) is 2. The van der Waals surface area contributed by atoms with Crippen molar-refractivity contribution in [2.75, 3.05) is 5.73 Å². The molecular weight excluding hydrogens is 232 g/mol. The molecule has 0 aliphatic heterocycles. The van der Waals surface area contributed by atoms with E-state index in [0.29, 0.717) is 0 Å². The average molecular weight is 250 g/mol. The van der Waals surface area contributed by atoms with Crippen LogP contribution < -0.4 is 5.73 Å². The van der Waals surface area contributed by atoms with E-state index in [1.54, 1.807) is 0 Å². The zero-order valence-corrected chi connectivity index (χ0v) is 11.4. The molecule has 0 bridgehead atoms. The van der Waals surface area contributed by atoms with Gasteiger partial charge in [0.2, 0.25) is 0 Å². The average Bonchev–Trinajstić information content (AvgIpc) is 2.41. The van der Waals surface area contributed by atoms with E-state index in [4.69, 9.17) is 5.73 Å². The standard InChI is InChI=1S/C17H18N2/c1-3-4-5-6-14-11-16(18)9-10-17(14)15-8-7-13(2)19-12-15/h7-12H,3-4,18H2,1-2H3. The predicted octanol–water partition coefficient (Wildman–Crippen LogP) is 3.79. The molecule has 0 saturated heterocycles. The van der Waals surface area contributed by atoms with Gasteiger partial charge in [0, 0.05) is 35.1 Å². The molecule has 0 spiro atoms. The van der Waals surface area contributed by atoms with E-state index in [1.165, 1.54) is 0 Å². The van der Waals surface area contributed by atoms with E-state index in [0.717, 1.165) is 40.9 Å². The monoisotopic (exact) mass is 250 g/mol. The van der Waals surface area contributed by atoms with Crippen molar-refractivity contribution >= 4 is 5.69 Å². The van der Waals surface area contributed by atoms with Crippen LogP contribution in [0.15, 0.2) is 36.5 Å². The maximum atomic E-state index is 5.85. The molecule has 0 aliphatic rings. The lowest BCUT2D eigenvalue weighted by Crippen LogP contribution is -1.91. The number of anilines is 1. The van der Waals surface area contributed by atoms with Crippen LogP contribution in [0.5, 0.6) is 0 Å². The second-order valence-corrected chi connectivity index (χ2v) is 4.55. The molecule has 2 rings (SSSR count). The molecule has 2 nitrogen and oxygen atoms in total. The molecule has 96 valence electrons. The largest absolute Gasteiger partial charge is 0.399 e. The Labute approximate surface area is 114 Å². The van der Waals surface area contributed by atoms with Gasteiger partial charge in [0.1, 0.15) is 0 Å². The minimum Gasteiger partial charge on any atom is -0.399 e. The van der Waals surface area contributed by atoms with Crippen LogP contribution in [0.4, 0.5) is 5.69 Å². The number of nitrogens with zero attached hydrogens (tertiary/aromatic N) is 1. The third-order valence-corrected chi connectivity index (χ3v) is 2.86. The van der Waals surface area contributed by atoms with Crippen molar-refractivity contribution in [2.24, 2.45) is 0 Å². The molecule has 0 fully saturated rings. The Hall–Kier alpha value is -2.27. The van der Waals surface area contributed by atoms with Gasteiger partial charge in [0.05, 0.1) is 0 Å². The predicted molar refractivity (Wildman–Crippen MR) is 80.6 cm³/mol. The Morgan fingerprint density at radius 2 is 2.05 bits per heavy atom.